The molecule has 10 nitrogen and oxygen atoms in total. The number of benzene rings is 2. The minimum Gasteiger partial charge on any atom is -0.486 e. The van der Waals surface area contributed by atoms with Crippen LogP contribution in [0.3, 0.4) is 0 Å². The van der Waals surface area contributed by atoms with Gasteiger partial charge in [0.1, 0.15) is 18.5 Å². The highest BCUT2D eigenvalue weighted by molar-refractivity contribution is 8.06. The molecule has 1 N–H and O–H groups in total. The van der Waals surface area contributed by atoms with Crippen molar-refractivity contribution in [3.63, 3.8) is 0 Å². The molecule has 0 aromatic heterocycles. The number of carboxylic acid groups (broad SMARTS) is 1. The molecule has 35 heavy (non-hydrogen) atoms. The molecule has 1 atom stereocenters. The Labute approximate surface area is 203 Å². The number of amides is 1. The van der Waals surface area contributed by atoms with E-state index >= 15 is 0 Å². The smallest absolute Gasteiger partial charge is 0.445 e. The number of nitrogens with zero attached hydrogens (tertiary/aromatic N) is 2. The maximum atomic E-state index is 13.1. The van der Waals surface area contributed by atoms with Gasteiger partial charge < -0.3 is 19.5 Å². The molecule has 0 saturated carbocycles. The predicted octanol–water partition coefficient (Wildman–Crippen LogP) is 2.63. The van der Waals surface area contributed by atoms with Crippen molar-refractivity contribution >= 4 is 32.9 Å². The second-order valence-electron chi connectivity index (χ2n) is 8.47. The first-order valence-corrected chi connectivity index (χ1v) is 12.7. The summed E-state index contributed by atoms with van der Waals surface area (Å²) < 4.78 is 38.2. The molecule has 4 rings (SSSR count). The second kappa shape index (κ2) is 10.3. The molecule has 1 amide bonds. The largest absolute Gasteiger partial charge is 0.486 e. The summed E-state index contributed by atoms with van der Waals surface area (Å²) in [4.78, 5) is 38.2. The van der Waals surface area contributed by atoms with Crippen molar-refractivity contribution in [2.45, 2.75) is 32.0 Å². The second-order valence-corrected chi connectivity index (χ2v) is 10.2. The molecule has 186 valence electrons. The number of hydrogen-bond acceptors (Lipinski definition) is 7. The fraction of sp³-hybridized carbons (Fsp3) is 0.375. The molecule has 0 spiro atoms. The van der Waals surface area contributed by atoms with E-state index in [1.807, 2.05) is 0 Å². The number of anilines is 1. The summed E-state index contributed by atoms with van der Waals surface area (Å²) >= 11 is 0. The van der Waals surface area contributed by atoms with Gasteiger partial charge in [-0.1, -0.05) is 42.5 Å². The zero-order valence-electron chi connectivity index (χ0n) is 18.9. The highest BCUT2D eigenvalue weighted by Gasteiger charge is 2.40. The van der Waals surface area contributed by atoms with Crippen molar-refractivity contribution in [2.75, 3.05) is 23.9 Å². The molecule has 0 radical (unpaired) electrons. The third-order valence-corrected chi connectivity index (χ3v) is 7.56. The number of carboxylic acids is 1. The molecule has 2 heterocycles. The van der Waals surface area contributed by atoms with Crippen molar-refractivity contribution in [1.82, 2.24) is 4.90 Å². The van der Waals surface area contributed by atoms with Gasteiger partial charge >= 0.3 is 21.3 Å². The molecule has 1 saturated heterocycles. The van der Waals surface area contributed by atoms with Crippen LogP contribution in [0, 0.1) is 5.92 Å². The minimum absolute atomic E-state index is 0.114. The molecule has 2 aromatic rings. The van der Waals surface area contributed by atoms with Crippen LogP contribution in [0.2, 0.25) is 0 Å². The predicted molar refractivity (Wildman–Crippen MR) is 125 cm³/mol. The summed E-state index contributed by atoms with van der Waals surface area (Å²) in [6.07, 6.45) is -0.213. The maximum absolute atomic E-state index is 13.1. The standard InChI is InChI=1S/C24H26N2O8S/c27-22(25-12-10-18(11-13-25)23(28)29)14-19-15-26(20-8-4-5-9-21(20)34-19)35(31,32)24(30)33-16-17-6-2-1-3-7-17/h1-9,18-19H,10-16H2,(H,28,29). The maximum Gasteiger partial charge on any atom is 0.445 e. The van der Waals surface area contributed by atoms with Crippen LogP contribution in [0.4, 0.5) is 10.5 Å². The zero-order chi connectivity index (χ0) is 25.0. The number of para-hydroxylation sites is 2. The quantitative estimate of drug-likeness (QED) is 0.597. The van der Waals surface area contributed by atoms with Crippen LogP contribution in [0.1, 0.15) is 24.8 Å². The van der Waals surface area contributed by atoms with Gasteiger partial charge in [-0.2, -0.15) is 8.42 Å². The fourth-order valence-corrected chi connectivity index (χ4v) is 5.34. The van der Waals surface area contributed by atoms with Crippen molar-refractivity contribution < 1.29 is 37.4 Å². The molecule has 1 unspecified atom stereocenters. The minimum atomic E-state index is -4.55. The molecule has 2 aromatic carbocycles. The number of piperidine rings is 1. The lowest BCUT2D eigenvalue weighted by atomic mass is 9.97. The van der Waals surface area contributed by atoms with Crippen LogP contribution in [0.5, 0.6) is 5.75 Å². The lowest BCUT2D eigenvalue weighted by molar-refractivity contribution is -0.146. The number of hydrogen-bond donors (Lipinski definition) is 1. The summed E-state index contributed by atoms with van der Waals surface area (Å²) in [5, 5.41) is 7.76. The normalized spacial score (nSPS) is 18.3. The van der Waals surface area contributed by atoms with Gasteiger partial charge in [0.2, 0.25) is 5.91 Å². The summed E-state index contributed by atoms with van der Waals surface area (Å²) in [6.45, 7) is 0.191. The molecule has 2 aliphatic rings. The van der Waals surface area contributed by atoms with Gasteiger partial charge in [0.15, 0.2) is 0 Å². The molecule has 1 fully saturated rings. The van der Waals surface area contributed by atoms with E-state index in [2.05, 4.69) is 0 Å². The fourth-order valence-electron chi connectivity index (χ4n) is 4.18. The highest BCUT2D eigenvalue weighted by Crippen LogP contribution is 2.36. The highest BCUT2D eigenvalue weighted by atomic mass is 32.2. The van der Waals surface area contributed by atoms with Crippen molar-refractivity contribution in [3.8, 4) is 5.75 Å². The van der Waals surface area contributed by atoms with Crippen LogP contribution >= 0.6 is 0 Å². The summed E-state index contributed by atoms with van der Waals surface area (Å²) in [6, 6.07) is 15.1. The van der Waals surface area contributed by atoms with Gasteiger partial charge in [-0.25, -0.2) is 4.79 Å². The van der Waals surface area contributed by atoms with E-state index in [9.17, 15) is 22.8 Å². The zero-order valence-corrected chi connectivity index (χ0v) is 19.7. The van der Waals surface area contributed by atoms with Crippen LogP contribution < -0.4 is 9.04 Å². The Morgan fingerprint density at radius 3 is 2.34 bits per heavy atom. The lowest BCUT2D eigenvalue weighted by Gasteiger charge is -2.36. The van der Waals surface area contributed by atoms with Crippen molar-refractivity contribution in [2.24, 2.45) is 5.92 Å². The molecule has 0 aliphatic carbocycles. The number of carbonyl (C=O) groups is 3. The Balaban J connectivity index is 1.46. The Hall–Kier alpha value is -3.60. The first kappa shape index (κ1) is 24.5. The van der Waals surface area contributed by atoms with E-state index in [1.54, 1.807) is 53.4 Å². The van der Waals surface area contributed by atoms with E-state index in [0.717, 1.165) is 4.31 Å². The topological polar surface area (TPSA) is 131 Å². The Morgan fingerprint density at radius 2 is 1.66 bits per heavy atom. The number of aliphatic carboxylic acids is 1. The van der Waals surface area contributed by atoms with Gasteiger partial charge in [-0.15, -0.1) is 0 Å². The molecule has 0 bridgehead atoms. The van der Waals surface area contributed by atoms with Crippen LogP contribution in [-0.4, -0.2) is 61.3 Å². The number of carbonyl (C=O) groups excluding carboxylic acids is 2. The Morgan fingerprint density at radius 1 is 1.00 bits per heavy atom. The number of sulfonamides is 1. The molecule has 2 aliphatic heterocycles. The van der Waals surface area contributed by atoms with E-state index < -0.39 is 33.3 Å². The van der Waals surface area contributed by atoms with Crippen LogP contribution in [-0.2, 0) is 31.0 Å². The lowest BCUT2D eigenvalue weighted by Crippen LogP contribution is -2.48. The third kappa shape index (κ3) is 5.56. The van der Waals surface area contributed by atoms with Crippen LogP contribution in [0.15, 0.2) is 54.6 Å². The van der Waals surface area contributed by atoms with Gasteiger partial charge in [-0.05, 0) is 30.5 Å². The van der Waals surface area contributed by atoms with Crippen molar-refractivity contribution in [1.29, 1.82) is 0 Å². The number of likely N-dealkylation sites (tertiary alicyclic amines) is 1. The monoisotopic (exact) mass is 502 g/mol. The average molecular weight is 503 g/mol. The van der Waals surface area contributed by atoms with E-state index in [4.69, 9.17) is 14.6 Å². The Bertz CT molecular complexity index is 1190. The number of fused-ring (bicyclic) bond motifs is 1. The molecular formula is C24H26N2O8S. The van der Waals surface area contributed by atoms with E-state index in [1.165, 1.54) is 6.07 Å². The first-order chi connectivity index (χ1) is 16.8. The summed E-state index contributed by atoms with van der Waals surface area (Å²) in [5.41, 5.74) is 0.837. The number of rotatable bonds is 6. The van der Waals surface area contributed by atoms with E-state index in [-0.39, 0.29) is 36.9 Å². The van der Waals surface area contributed by atoms with Gasteiger partial charge in [-0.3, -0.25) is 13.9 Å². The van der Waals surface area contributed by atoms with Gasteiger partial charge in [0.25, 0.3) is 0 Å². The Kier molecular flexibility index (Phi) is 7.25. The summed E-state index contributed by atoms with van der Waals surface area (Å²) in [5.74, 6) is -1.37. The molecule has 11 heteroatoms. The van der Waals surface area contributed by atoms with E-state index in [0.29, 0.717) is 31.5 Å². The van der Waals surface area contributed by atoms with Gasteiger partial charge in [0.05, 0.1) is 24.6 Å². The third-order valence-electron chi connectivity index (χ3n) is 6.10. The SMILES string of the molecule is O=C(O)C1CCN(C(=O)CC2CN(S(=O)(=O)C(=O)OCc3ccccc3)c3ccccc3O2)CC1. The van der Waals surface area contributed by atoms with Crippen molar-refractivity contribution in [3.05, 3.63) is 60.2 Å². The molecular weight excluding hydrogens is 476 g/mol. The summed E-state index contributed by atoms with van der Waals surface area (Å²) in [7, 11) is -4.55. The van der Waals surface area contributed by atoms with Gasteiger partial charge in [0, 0.05) is 13.1 Å². The first-order valence-electron chi connectivity index (χ1n) is 11.3. The van der Waals surface area contributed by atoms with Crippen LogP contribution in [0.25, 0.3) is 0 Å². The number of ether oxygens (including phenoxy) is 2. The average Bonchev–Trinajstić information content (AvgIpc) is 2.87.